The lowest BCUT2D eigenvalue weighted by Gasteiger charge is -2.15. The van der Waals surface area contributed by atoms with Gasteiger partial charge in [-0.2, -0.15) is 0 Å². The minimum atomic E-state index is -4.09. The van der Waals surface area contributed by atoms with E-state index in [1.54, 1.807) is 54.6 Å². The van der Waals surface area contributed by atoms with Crippen molar-refractivity contribution in [1.82, 2.24) is 0 Å². The quantitative estimate of drug-likeness (QED) is 0.455. The van der Waals surface area contributed by atoms with Crippen LogP contribution >= 0.6 is 0 Å². The van der Waals surface area contributed by atoms with E-state index >= 15 is 0 Å². The Bertz CT molecular complexity index is 1430. The van der Waals surface area contributed by atoms with Gasteiger partial charge in [-0.1, -0.05) is 60.7 Å². The Morgan fingerprint density at radius 3 is 1.73 bits per heavy atom. The van der Waals surface area contributed by atoms with Gasteiger partial charge in [0.05, 0.1) is 15.5 Å². The van der Waals surface area contributed by atoms with Crippen LogP contribution in [-0.4, -0.2) is 21.9 Å². The maximum Gasteiger partial charge on any atom is 0.261 e. The van der Waals surface area contributed by atoms with Crippen molar-refractivity contribution in [2.24, 2.45) is 0 Å². The highest BCUT2D eigenvalue weighted by atomic mass is 32.2. The van der Waals surface area contributed by atoms with E-state index in [-0.39, 0.29) is 25.8 Å². The van der Waals surface area contributed by atoms with Gasteiger partial charge in [0.25, 0.3) is 10.0 Å². The highest BCUT2D eigenvalue weighted by Crippen LogP contribution is 2.40. The molecule has 4 aromatic carbocycles. The first kappa shape index (κ1) is 19.9. The van der Waals surface area contributed by atoms with Gasteiger partial charge in [-0.05, 0) is 30.3 Å². The number of rotatable bonds is 5. The molecule has 0 amide bonds. The van der Waals surface area contributed by atoms with E-state index in [0.717, 1.165) is 6.07 Å². The summed E-state index contributed by atoms with van der Waals surface area (Å²) in [5.41, 5.74) is 0.0572. The zero-order chi connectivity index (χ0) is 21.4. The lowest BCUT2D eigenvalue weighted by Crippen LogP contribution is -2.14. The third kappa shape index (κ3) is 3.51. The molecule has 30 heavy (non-hydrogen) atoms. The van der Waals surface area contributed by atoms with Crippen LogP contribution in [0.25, 0.3) is 10.8 Å². The van der Waals surface area contributed by atoms with Crippen LogP contribution in [0.3, 0.4) is 0 Å². The molecule has 0 aliphatic rings. The molecule has 0 radical (unpaired) electrons. The number of benzene rings is 4. The standard InChI is InChI=1S/C22H17NO5S2/c24-22-19-14-8-7-13-18(19)20(23-30(27,28)17-11-5-2-6-12-17)15-21(22)29(25,26)16-9-3-1-4-10-16/h1-15,23-24H. The van der Waals surface area contributed by atoms with Gasteiger partial charge in [0.2, 0.25) is 9.84 Å². The molecule has 0 atom stereocenters. The van der Waals surface area contributed by atoms with Crippen molar-refractivity contribution in [2.45, 2.75) is 14.7 Å². The minimum absolute atomic E-state index is 0.00699. The van der Waals surface area contributed by atoms with E-state index < -0.39 is 25.6 Å². The lowest BCUT2D eigenvalue weighted by atomic mass is 10.1. The number of hydrogen-bond donors (Lipinski definition) is 2. The van der Waals surface area contributed by atoms with Crippen molar-refractivity contribution in [3.05, 3.63) is 91.0 Å². The van der Waals surface area contributed by atoms with Crippen LogP contribution in [0.4, 0.5) is 5.69 Å². The molecule has 0 aliphatic carbocycles. The van der Waals surface area contributed by atoms with Crippen LogP contribution in [0.15, 0.2) is 106 Å². The van der Waals surface area contributed by atoms with Gasteiger partial charge in [0.1, 0.15) is 10.6 Å². The lowest BCUT2D eigenvalue weighted by molar-refractivity contribution is 0.465. The van der Waals surface area contributed by atoms with Crippen LogP contribution in [0, 0.1) is 0 Å². The van der Waals surface area contributed by atoms with Crippen LogP contribution in [0.2, 0.25) is 0 Å². The summed E-state index contributed by atoms with van der Waals surface area (Å²) in [4.78, 5) is -0.347. The number of anilines is 1. The fourth-order valence-corrected chi connectivity index (χ4v) is 5.65. The van der Waals surface area contributed by atoms with Crippen molar-refractivity contribution in [1.29, 1.82) is 0 Å². The summed E-state index contributed by atoms with van der Waals surface area (Å²) in [6, 6.07) is 23.0. The number of fused-ring (bicyclic) bond motifs is 1. The van der Waals surface area contributed by atoms with Crippen molar-refractivity contribution in [2.75, 3.05) is 4.72 Å². The summed E-state index contributed by atoms with van der Waals surface area (Å²) >= 11 is 0. The van der Waals surface area contributed by atoms with Crippen molar-refractivity contribution >= 4 is 36.3 Å². The first-order valence-electron chi connectivity index (χ1n) is 8.93. The first-order valence-corrected chi connectivity index (χ1v) is 11.9. The summed E-state index contributed by atoms with van der Waals surface area (Å²) in [6.45, 7) is 0. The smallest absolute Gasteiger partial charge is 0.261 e. The number of phenols is 1. The van der Waals surface area contributed by atoms with E-state index in [0.29, 0.717) is 5.39 Å². The molecule has 4 rings (SSSR count). The molecule has 0 bridgehead atoms. The van der Waals surface area contributed by atoms with Gasteiger partial charge in [-0.15, -0.1) is 0 Å². The number of hydrogen-bond acceptors (Lipinski definition) is 5. The summed E-state index contributed by atoms with van der Waals surface area (Å²) in [5.74, 6) is -0.433. The fraction of sp³-hybridized carbons (Fsp3) is 0. The first-order chi connectivity index (χ1) is 14.3. The fourth-order valence-electron chi connectivity index (χ4n) is 3.15. The van der Waals surface area contributed by atoms with E-state index in [9.17, 15) is 21.9 Å². The van der Waals surface area contributed by atoms with Crippen LogP contribution < -0.4 is 4.72 Å². The van der Waals surface area contributed by atoms with Gasteiger partial charge in [0, 0.05) is 10.8 Å². The monoisotopic (exact) mass is 439 g/mol. The number of sulfonamides is 1. The SMILES string of the molecule is O=S(=O)(Nc1cc(S(=O)(=O)c2ccccc2)c(O)c2ccccc12)c1ccccc1. The average Bonchev–Trinajstić information content (AvgIpc) is 2.77. The van der Waals surface area contributed by atoms with Crippen LogP contribution in [-0.2, 0) is 19.9 Å². The van der Waals surface area contributed by atoms with Crippen LogP contribution in [0.5, 0.6) is 5.75 Å². The Morgan fingerprint density at radius 2 is 1.13 bits per heavy atom. The molecule has 0 heterocycles. The highest BCUT2D eigenvalue weighted by molar-refractivity contribution is 7.93. The third-order valence-corrected chi connectivity index (χ3v) is 7.79. The largest absolute Gasteiger partial charge is 0.506 e. The van der Waals surface area contributed by atoms with E-state index in [2.05, 4.69) is 4.72 Å². The summed E-state index contributed by atoms with van der Waals surface area (Å²) in [6.07, 6.45) is 0. The third-order valence-electron chi connectivity index (χ3n) is 4.62. The predicted octanol–water partition coefficient (Wildman–Crippen LogP) is 4.18. The summed E-state index contributed by atoms with van der Waals surface area (Å²) < 4.78 is 54.4. The minimum Gasteiger partial charge on any atom is -0.506 e. The second-order valence-corrected chi connectivity index (χ2v) is 10.2. The van der Waals surface area contributed by atoms with Crippen molar-refractivity contribution in [3.63, 3.8) is 0 Å². The molecule has 0 fully saturated rings. The molecule has 0 aliphatic heterocycles. The second-order valence-electron chi connectivity index (χ2n) is 6.55. The van der Waals surface area contributed by atoms with Gasteiger partial charge in [-0.3, -0.25) is 4.72 Å². The van der Waals surface area contributed by atoms with Gasteiger partial charge >= 0.3 is 0 Å². The molecule has 4 aromatic rings. The highest BCUT2D eigenvalue weighted by Gasteiger charge is 2.26. The molecule has 0 unspecified atom stereocenters. The Hall–Kier alpha value is -3.36. The summed E-state index contributed by atoms with van der Waals surface area (Å²) in [5, 5.41) is 11.3. The van der Waals surface area contributed by atoms with Gasteiger partial charge < -0.3 is 5.11 Å². The Labute approximate surface area is 174 Å². The number of sulfone groups is 1. The molecular formula is C22H17NO5S2. The Morgan fingerprint density at radius 1 is 0.633 bits per heavy atom. The average molecular weight is 440 g/mol. The maximum absolute atomic E-state index is 13.1. The summed E-state index contributed by atoms with van der Waals surface area (Å²) in [7, 11) is -8.06. The zero-order valence-corrected chi connectivity index (χ0v) is 17.2. The van der Waals surface area contributed by atoms with Crippen molar-refractivity contribution in [3.8, 4) is 5.75 Å². The predicted molar refractivity (Wildman–Crippen MR) is 115 cm³/mol. The van der Waals surface area contributed by atoms with E-state index in [1.807, 2.05) is 0 Å². The van der Waals surface area contributed by atoms with Gasteiger partial charge in [-0.25, -0.2) is 16.8 Å². The molecule has 6 nitrogen and oxygen atoms in total. The maximum atomic E-state index is 13.1. The van der Waals surface area contributed by atoms with E-state index in [4.69, 9.17) is 0 Å². The molecule has 0 saturated heterocycles. The molecule has 0 saturated carbocycles. The normalized spacial score (nSPS) is 12.0. The van der Waals surface area contributed by atoms with Crippen molar-refractivity contribution < 1.29 is 21.9 Å². The topological polar surface area (TPSA) is 101 Å². The Balaban J connectivity index is 1.94. The number of nitrogens with one attached hydrogen (secondary N) is 1. The van der Waals surface area contributed by atoms with Crippen LogP contribution in [0.1, 0.15) is 0 Å². The Kier molecular flexibility index (Phi) is 4.97. The van der Waals surface area contributed by atoms with E-state index in [1.165, 1.54) is 30.3 Å². The molecule has 0 aromatic heterocycles. The zero-order valence-electron chi connectivity index (χ0n) is 15.6. The molecule has 2 N–H and O–H groups in total. The van der Waals surface area contributed by atoms with Gasteiger partial charge in [0.15, 0.2) is 0 Å². The molecule has 0 spiro atoms. The molecule has 8 heteroatoms. The number of phenolic OH excluding ortho intramolecular Hbond substituents is 1. The second kappa shape index (κ2) is 7.47. The molecule has 152 valence electrons. The molecular weight excluding hydrogens is 422 g/mol. The number of aromatic hydroxyl groups is 1.